The van der Waals surface area contributed by atoms with Gasteiger partial charge in [-0.1, -0.05) is 0 Å². The van der Waals surface area contributed by atoms with Crippen LogP contribution in [0.15, 0.2) is 11.0 Å². The minimum absolute atomic E-state index is 0.0272. The van der Waals surface area contributed by atoms with Crippen LogP contribution in [0.5, 0.6) is 0 Å². The summed E-state index contributed by atoms with van der Waals surface area (Å²) < 4.78 is 0. The van der Waals surface area contributed by atoms with Crippen LogP contribution in [0, 0.1) is 0 Å². The van der Waals surface area contributed by atoms with Crippen molar-refractivity contribution in [3.63, 3.8) is 0 Å². The van der Waals surface area contributed by atoms with Crippen LogP contribution in [-0.4, -0.2) is 49.6 Å². The number of nitrogens with two attached hydrogens (primary N) is 1. The smallest absolute Gasteiger partial charge is 0.257 e. The standard InChI is InChI=1S/C10H16N4O4/c1-10(18)6(13-5(3-15)7(10)16)4-2-12-9(11)14-8(4)17/h2,5-7,13,15-16,18H,3H2,1H3,(H3,11,12,14,17). The highest BCUT2D eigenvalue weighted by Crippen LogP contribution is 2.34. The highest BCUT2D eigenvalue weighted by molar-refractivity contribution is 5.25. The van der Waals surface area contributed by atoms with Gasteiger partial charge in [0.25, 0.3) is 5.56 Å². The van der Waals surface area contributed by atoms with Crippen LogP contribution < -0.4 is 16.6 Å². The third kappa shape index (κ3) is 1.89. The van der Waals surface area contributed by atoms with Crippen molar-refractivity contribution in [3.8, 4) is 0 Å². The number of rotatable bonds is 2. The molecule has 18 heavy (non-hydrogen) atoms. The summed E-state index contributed by atoms with van der Waals surface area (Å²) >= 11 is 0. The predicted molar refractivity (Wildman–Crippen MR) is 62.7 cm³/mol. The highest BCUT2D eigenvalue weighted by Gasteiger charge is 2.51. The molecule has 4 unspecified atom stereocenters. The fourth-order valence-electron chi connectivity index (χ4n) is 2.23. The first-order chi connectivity index (χ1) is 8.37. The van der Waals surface area contributed by atoms with E-state index in [9.17, 15) is 15.0 Å². The van der Waals surface area contributed by atoms with Crippen molar-refractivity contribution >= 4 is 5.95 Å². The molecule has 7 N–H and O–H groups in total. The zero-order valence-electron chi connectivity index (χ0n) is 9.79. The van der Waals surface area contributed by atoms with Gasteiger partial charge in [0.2, 0.25) is 0 Å². The van der Waals surface area contributed by atoms with Gasteiger partial charge in [-0.3, -0.25) is 15.1 Å². The Hall–Kier alpha value is -1.48. The Morgan fingerprint density at radius 1 is 1.61 bits per heavy atom. The number of anilines is 1. The Morgan fingerprint density at radius 2 is 2.28 bits per heavy atom. The Labute approximate surface area is 102 Å². The molecule has 1 saturated heterocycles. The van der Waals surface area contributed by atoms with Crippen LogP contribution >= 0.6 is 0 Å². The second-order valence-electron chi connectivity index (χ2n) is 4.61. The number of hydrogen-bond acceptors (Lipinski definition) is 7. The van der Waals surface area contributed by atoms with Gasteiger partial charge in [-0.15, -0.1) is 0 Å². The number of nitrogen functional groups attached to an aromatic ring is 1. The Bertz CT molecular complexity index is 501. The Kier molecular flexibility index (Phi) is 3.11. The molecule has 0 aliphatic carbocycles. The third-order valence-electron chi connectivity index (χ3n) is 3.30. The number of aromatic amines is 1. The van der Waals surface area contributed by atoms with Crippen molar-refractivity contribution in [2.45, 2.75) is 30.7 Å². The normalized spacial score (nSPS) is 35.9. The fourth-order valence-corrected chi connectivity index (χ4v) is 2.23. The number of aliphatic hydroxyl groups excluding tert-OH is 2. The van der Waals surface area contributed by atoms with Crippen molar-refractivity contribution < 1.29 is 15.3 Å². The molecule has 0 spiro atoms. The lowest BCUT2D eigenvalue weighted by Crippen LogP contribution is -2.43. The van der Waals surface area contributed by atoms with Crippen molar-refractivity contribution in [2.75, 3.05) is 12.3 Å². The van der Waals surface area contributed by atoms with E-state index in [2.05, 4.69) is 15.3 Å². The van der Waals surface area contributed by atoms with Crippen LogP contribution in [0.1, 0.15) is 18.5 Å². The summed E-state index contributed by atoms with van der Waals surface area (Å²) in [5.74, 6) is -0.0272. The summed E-state index contributed by atoms with van der Waals surface area (Å²) in [5, 5.41) is 32.0. The topological polar surface area (TPSA) is 144 Å². The molecule has 0 bridgehead atoms. The number of aliphatic hydroxyl groups is 3. The number of nitrogens with one attached hydrogen (secondary N) is 2. The second kappa shape index (κ2) is 4.32. The van der Waals surface area contributed by atoms with E-state index in [1.54, 1.807) is 0 Å². The first kappa shape index (κ1) is 13.0. The lowest BCUT2D eigenvalue weighted by atomic mass is 9.89. The molecular formula is C10H16N4O4. The predicted octanol–water partition coefficient (Wildman–Crippen LogP) is -2.53. The number of H-pyrrole nitrogens is 1. The maximum Gasteiger partial charge on any atom is 0.257 e. The van der Waals surface area contributed by atoms with E-state index in [-0.39, 0.29) is 18.1 Å². The van der Waals surface area contributed by atoms with Crippen molar-refractivity contribution in [1.29, 1.82) is 0 Å². The van der Waals surface area contributed by atoms with Crippen molar-refractivity contribution in [3.05, 3.63) is 22.1 Å². The summed E-state index contributed by atoms with van der Waals surface area (Å²) in [5.41, 5.74) is 3.41. The number of hydrogen-bond donors (Lipinski definition) is 6. The summed E-state index contributed by atoms with van der Waals surface area (Å²) in [6.45, 7) is 1.04. The second-order valence-corrected chi connectivity index (χ2v) is 4.61. The molecule has 0 radical (unpaired) electrons. The van der Waals surface area contributed by atoms with Crippen molar-refractivity contribution in [2.24, 2.45) is 0 Å². The largest absolute Gasteiger partial charge is 0.395 e. The van der Waals surface area contributed by atoms with E-state index in [0.29, 0.717) is 0 Å². The van der Waals surface area contributed by atoms with Gasteiger partial charge in [0.1, 0.15) is 11.7 Å². The lowest BCUT2D eigenvalue weighted by molar-refractivity contribution is -0.0579. The van der Waals surface area contributed by atoms with Gasteiger partial charge in [0.15, 0.2) is 5.95 Å². The first-order valence-electron chi connectivity index (χ1n) is 5.50. The first-order valence-corrected chi connectivity index (χ1v) is 5.50. The molecule has 0 amide bonds. The molecule has 2 heterocycles. The molecule has 8 nitrogen and oxygen atoms in total. The van der Waals surface area contributed by atoms with E-state index >= 15 is 0 Å². The minimum Gasteiger partial charge on any atom is -0.395 e. The molecule has 8 heteroatoms. The average molecular weight is 256 g/mol. The molecule has 2 rings (SSSR count). The van der Waals surface area contributed by atoms with Gasteiger partial charge in [-0.25, -0.2) is 4.98 Å². The minimum atomic E-state index is -1.59. The highest BCUT2D eigenvalue weighted by atomic mass is 16.3. The van der Waals surface area contributed by atoms with Crippen molar-refractivity contribution in [1.82, 2.24) is 15.3 Å². The molecular weight excluding hydrogens is 240 g/mol. The summed E-state index contributed by atoms with van der Waals surface area (Å²) in [4.78, 5) is 17.8. The number of nitrogens with zero attached hydrogens (tertiary/aromatic N) is 1. The van der Waals surface area contributed by atoms with E-state index in [0.717, 1.165) is 0 Å². The monoisotopic (exact) mass is 256 g/mol. The zero-order chi connectivity index (χ0) is 13.5. The molecule has 1 aromatic rings. The summed E-state index contributed by atoms with van der Waals surface area (Å²) in [7, 11) is 0. The lowest BCUT2D eigenvalue weighted by Gasteiger charge is -2.27. The molecule has 1 aliphatic heterocycles. The van der Waals surface area contributed by atoms with Crippen LogP contribution in [0.3, 0.4) is 0 Å². The average Bonchev–Trinajstić information content (AvgIpc) is 2.52. The van der Waals surface area contributed by atoms with Gasteiger partial charge in [-0.2, -0.15) is 0 Å². The molecule has 0 aromatic carbocycles. The Morgan fingerprint density at radius 3 is 2.78 bits per heavy atom. The molecule has 4 atom stereocenters. The van der Waals surface area contributed by atoms with E-state index < -0.39 is 29.3 Å². The zero-order valence-corrected chi connectivity index (χ0v) is 9.79. The Balaban J connectivity index is 2.42. The van der Waals surface area contributed by atoms with Gasteiger partial charge in [0, 0.05) is 6.20 Å². The molecule has 1 aromatic heterocycles. The molecule has 0 saturated carbocycles. The van der Waals surface area contributed by atoms with Crippen LogP contribution in [0.4, 0.5) is 5.95 Å². The molecule has 100 valence electrons. The van der Waals surface area contributed by atoms with Gasteiger partial charge < -0.3 is 21.1 Å². The fraction of sp³-hybridized carbons (Fsp3) is 0.600. The molecule has 1 aliphatic rings. The van der Waals surface area contributed by atoms with Crippen LogP contribution in [0.2, 0.25) is 0 Å². The SMILES string of the molecule is CC1(O)C(c2cnc(N)[nH]c2=O)NC(CO)C1O. The molecule has 1 fully saturated rings. The van der Waals surface area contributed by atoms with Gasteiger partial charge in [0.05, 0.1) is 24.3 Å². The summed E-state index contributed by atoms with van der Waals surface area (Å²) in [6.07, 6.45) is 0.0525. The number of aromatic nitrogens is 2. The van der Waals surface area contributed by atoms with Crippen LogP contribution in [-0.2, 0) is 0 Å². The van der Waals surface area contributed by atoms with Crippen LogP contribution in [0.25, 0.3) is 0 Å². The quantitative estimate of drug-likeness (QED) is 0.342. The van der Waals surface area contributed by atoms with E-state index in [4.69, 9.17) is 10.8 Å². The maximum absolute atomic E-state index is 11.7. The van der Waals surface area contributed by atoms with E-state index in [1.165, 1.54) is 13.1 Å². The van der Waals surface area contributed by atoms with Gasteiger partial charge >= 0.3 is 0 Å². The third-order valence-corrected chi connectivity index (χ3v) is 3.30. The van der Waals surface area contributed by atoms with E-state index in [1.807, 2.05) is 0 Å². The maximum atomic E-state index is 11.7. The van der Waals surface area contributed by atoms with Gasteiger partial charge in [-0.05, 0) is 6.92 Å². The summed E-state index contributed by atoms with van der Waals surface area (Å²) in [6, 6.07) is -1.54.